The Morgan fingerprint density at radius 3 is 2.50 bits per heavy atom. The van der Waals surface area contributed by atoms with E-state index in [1.807, 2.05) is 54.6 Å². The maximum Gasteiger partial charge on any atom is 0.338 e. The second-order valence-corrected chi connectivity index (χ2v) is 7.56. The van der Waals surface area contributed by atoms with Gasteiger partial charge >= 0.3 is 12.0 Å². The lowest BCUT2D eigenvalue weighted by Gasteiger charge is -2.21. The van der Waals surface area contributed by atoms with Crippen LogP contribution in [0.1, 0.15) is 28.4 Å². The third-order valence-electron chi connectivity index (χ3n) is 5.29. The van der Waals surface area contributed by atoms with E-state index in [4.69, 9.17) is 4.74 Å². The molecule has 3 aromatic carbocycles. The van der Waals surface area contributed by atoms with Crippen molar-refractivity contribution in [3.05, 3.63) is 95.6 Å². The van der Waals surface area contributed by atoms with Crippen molar-refractivity contribution in [1.29, 1.82) is 0 Å². The summed E-state index contributed by atoms with van der Waals surface area (Å²) < 4.78 is 5.00. The van der Waals surface area contributed by atoms with E-state index in [-0.39, 0.29) is 12.5 Å². The smallest absolute Gasteiger partial charge is 0.338 e. The fraction of sp³-hybridized carbons (Fsp3) is 0.154. The number of hydrogen-bond donors (Lipinski definition) is 2. The SMILES string of the molecule is CCOC(=O)c1cccc(NC(=O)N[C@@H]2N=C(c3ccccc3)c3ccccc3N(C)C2=O)c1. The van der Waals surface area contributed by atoms with Crippen LogP contribution in [-0.4, -0.2) is 43.4 Å². The highest BCUT2D eigenvalue weighted by Gasteiger charge is 2.31. The van der Waals surface area contributed by atoms with E-state index in [0.717, 1.165) is 11.1 Å². The lowest BCUT2D eigenvalue weighted by atomic mass is 10.0. The predicted molar refractivity (Wildman–Crippen MR) is 130 cm³/mol. The van der Waals surface area contributed by atoms with E-state index in [1.54, 1.807) is 32.2 Å². The molecule has 0 spiro atoms. The van der Waals surface area contributed by atoms with Crippen molar-refractivity contribution in [1.82, 2.24) is 5.32 Å². The zero-order chi connectivity index (χ0) is 24.1. The van der Waals surface area contributed by atoms with Gasteiger partial charge in [0.15, 0.2) is 0 Å². The fourth-order valence-electron chi connectivity index (χ4n) is 3.67. The number of esters is 1. The van der Waals surface area contributed by atoms with Crippen LogP contribution in [0.15, 0.2) is 83.9 Å². The summed E-state index contributed by atoms with van der Waals surface area (Å²) in [7, 11) is 1.65. The van der Waals surface area contributed by atoms with Crippen molar-refractivity contribution in [3.8, 4) is 0 Å². The number of fused-ring (bicyclic) bond motifs is 1. The van der Waals surface area contributed by atoms with Crippen LogP contribution < -0.4 is 15.5 Å². The zero-order valence-corrected chi connectivity index (χ0v) is 18.8. The number of nitrogens with one attached hydrogen (secondary N) is 2. The number of hydrogen-bond acceptors (Lipinski definition) is 5. The Morgan fingerprint density at radius 2 is 1.74 bits per heavy atom. The molecule has 0 bridgehead atoms. The van der Waals surface area contributed by atoms with Gasteiger partial charge < -0.3 is 20.3 Å². The second-order valence-electron chi connectivity index (χ2n) is 7.56. The van der Waals surface area contributed by atoms with Gasteiger partial charge in [-0.15, -0.1) is 0 Å². The maximum atomic E-state index is 13.2. The highest BCUT2D eigenvalue weighted by atomic mass is 16.5. The molecule has 1 aliphatic rings. The van der Waals surface area contributed by atoms with E-state index < -0.39 is 18.2 Å². The first-order chi connectivity index (χ1) is 16.5. The van der Waals surface area contributed by atoms with Crippen molar-refractivity contribution < 1.29 is 19.1 Å². The monoisotopic (exact) mass is 456 g/mol. The first-order valence-corrected chi connectivity index (χ1v) is 10.8. The van der Waals surface area contributed by atoms with Gasteiger partial charge in [0.1, 0.15) is 0 Å². The molecule has 0 unspecified atom stereocenters. The van der Waals surface area contributed by atoms with Gasteiger partial charge in [0.05, 0.1) is 23.6 Å². The highest BCUT2D eigenvalue weighted by molar-refractivity contribution is 6.20. The largest absolute Gasteiger partial charge is 0.462 e. The molecule has 0 saturated heterocycles. The Morgan fingerprint density at radius 1 is 1.00 bits per heavy atom. The Kier molecular flexibility index (Phi) is 6.68. The Labute approximate surface area is 197 Å². The summed E-state index contributed by atoms with van der Waals surface area (Å²) in [5, 5.41) is 5.31. The number of rotatable bonds is 5. The minimum Gasteiger partial charge on any atom is -0.462 e. The van der Waals surface area contributed by atoms with Crippen LogP contribution in [0.5, 0.6) is 0 Å². The van der Waals surface area contributed by atoms with Gasteiger partial charge in [-0.2, -0.15) is 0 Å². The normalized spacial score (nSPS) is 15.0. The van der Waals surface area contributed by atoms with Crippen molar-refractivity contribution >= 4 is 35.0 Å². The minimum absolute atomic E-state index is 0.248. The van der Waals surface area contributed by atoms with Crippen molar-refractivity contribution in [3.63, 3.8) is 0 Å². The first-order valence-electron chi connectivity index (χ1n) is 10.8. The highest BCUT2D eigenvalue weighted by Crippen LogP contribution is 2.27. The van der Waals surface area contributed by atoms with Gasteiger partial charge in [0, 0.05) is 23.9 Å². The van der Waals surface area contributed by atoms with Crippen LogP contribution in [0.4, 0.5) is 16.2 Å². The molecule has 4 rings (SSSR count). The molecule has 3 amide bonds. The number of likely N-dealkylation sites (N-methyl/N-ethyl adjacent to an activating group) is 1. The van der Waals surface area contributed by atoms with E-state index in [1.165, 1.54) is 11.0 Å². The summed E-state index contributed by atoms with van der Waals surface area (Å²) in [5.74, 6) is -0.865. The van der Waals surface area contributed by atoms with Gasteiger partial charge in [-0.3, -0.25) is 4.79 Å². The molecule has 3 aromatic rings. The minimum atomic E-state index is -1.15. The number of nitrogens with zero attached hydrogens (tertiary/aromatic N) is 2. The third kappa shape index (κ3) is 4.80. The second kappa shape index (κ2) is 9.99. The number of anilines is 2. The summed E-state index contributed by atoms with van der Waals surface area (Å²) in [6.07, 6.45) is -1.15. The standard InChI is InChI=1S/C26H24N4O4/c1-3-34-25(32)18-12-9-13-19(16-18)27-26(33)29-23-24(31)30(2)21-15-8-7-14-20(21)22(28-23)17-10-5-4-6-11-17/h4-16,23H,3H2,1-2H3,(H2,27,29,33)/t23-/m0/s1. The van der Waals surface area contributed by atoms with Gasteiger partial charge in [-0.05, 0) is 31.2 Å². The van der Waals surface area contributed by atoms with E-state index in [0.29, 0.717) is 22.6 Å². The van der Waals surface area contributed by atoms with Crippen molar-refractivity contribution in [2.24, 2.45) is 4.99 Å². The molecule has 2 N–H and O–H groups in total. The molecular formula is C26H24N4O4. The number of benzodiazepines with no additional fused rings is 1. The van der Waals surface area contributed by atoms with Crippen LogP contribution in [0.2, 0.25) is 0 Å². The summed E-state index contributed by atoms with van der Waals surface area (Å²) in [5.41, 5.74) is 3.60. The molecule has 0 radical (unpaired) electrons. The number of aliphatic imine (C=N–C) groups is 1. The van der Waals surface area contributed by atoms with Crippen molar-refractivity contribution in [2.45, 2.75) is 13.1 Å². The van der Waals surface area contributed by atoms with Crippen LogP contribution >= 0.6 is 0 Å². The van der Waals surface area contributed by atoms with Crippen LogP contribution in [-0.2, 0) is 9.53 Å². The number of carbonyl (C=O) groups is 3. The maximum absolute atomic E-state index is 13.2. The number of amides is 3. The molecule has 0 fully saturated rings. The number of para-hydroxylation sites is 1. The average Bonchev–Trinajstić information content (AvgIpc) is 2.95. The summed E-state index contributed by atoms with van der Waals surface area (Å²) in [6, 6.07) is 22.7. The molecule has 0 aliphatic carbocycles. The van der Waals surface area contributed by atoms with Crippen LogP contribution in [0.3, 0.4) is 0 Å². The molecule has 8 nitrogen and oxygen atoms in total. The third-order valence-corrected chi connectivity index (χ3v) is 5.29. The Bertz CT molecular complexity index is 1260. The van der Waals surface area contributed by atoms with E-state index in [2.05, 4.69) is 15.6 Å². The Balaban J connectivity index is 1.61. The summed E-state index contributed by atoms with van der Waals surface area (Å²) >= 11 is 0. The van der Waals surface area contributed by atoms with Gasteiger partial charge in [-0.1, -0.05) is 54.6 Å². The number of ether oxygens (including phenoxy) is 1. The number of carbonyl (C=O) groups excluding carboxylic acids is 3. The molecule has 8 heteroatoms. The number of urea groups is 1. The molecular weight excluding hydrogens is 432 g/mol. The zero-order valence-electron chi connectivity index (χ0n) is 18.8. The van der Waals surface area contributed by atoms with Crippen LogP contribution in [0.25, 0.3) is 0 Å². The van der Waals surface area contributed by atoms with Gasteiger partial charge in [0.25, 0.3) is 5.91 Å². The quantitative estimate of drug-likeness (QED) is 0.570. The van der Waals surface area contributed by atoms with Gasteiger partial charge in [-0.25, -0.2) is 14.6 Å². The van der Waals surface area contributed by atoms with E-state index in [9.17, 15) is 14.4 Å². The van der Waals surface area contributed by atoms with E-state index >= 15 is 0 Å². The van der Waals surface area contributed by atoms with Gasteiger partial charge in [0.2, 0.25) is 6.17 Å². The Hall–Kier alpha value is -4.46. The first kappa shape index (κ1) is 22.7. The topological polar surface area (TPSA) is 100 Å². The lowest BCUT2D eigenvalue weighted by Crippen LogP contribution is -2.47. The summed E-state index contributed by atoms with van der Waals surface area (Å²) in [6.45, 7) is 1.97. The lowest BCUT2D eigenvalue weighted by molar-refractivity contribution is -0.119. The molecule has 34 heavy (non-hydrogen) atoms. The molecule has 172 valence electrons. The number of benzene rings is 3. The average molecular weight is 457 g/mol. The summed E-state index contributed by atoms with van der Waals surface area (Å²) in [4.78, 5) is 44.1. The molecule has 0 aromatic heterocycles. The van der Waals surface area contributed by atoms with Crippen molar-refractivity contribution in [2.75, 3.05) is 23.9 Å². The molecule has 0 saturated carbocycles. The fourth-order valence-corrected chi connectivity index (χ4v) is 3.67. The molecule has 1 atom stereocenters. The predicted octanol–water partition coefficient (Wildman–Crippen LogP) is 3.82. The molecule has 1 heterocycles. The molecule has 1 aliphatic heterocycles. The van der Waals surface area contributed by atoms with Crippen LogP contribution in [0, 0.1) is 0 Å².